The highest BCUT2D eigenvalue weighted by Crippen LogP contribution is 2.27. The molecule has 0 spiro atoms. The third kappa shape index (κ3) is 8.25. The van der Waals surface area contributed by atoms with Gasteiger partial charge in [0.25, 0.3) is 0 Å². The van der Waals surface area contributed by atoms with E-state index in [-0.39, 0.29) is 12.1 Å². The van der Waals surface area contributed by atoms with E-state index in [1.54, 1.807) is 19.0 Å². The Bertz CT molecular complexity index is 1150. The zero-order valence-corrected chi connectivity index (χ0v) is 21.8. The fourth-order valence-corrected chi connectivity index (χ4v) is 4.00. The Balaban J connectivity index is 1.57. The Kier molecular flexibility index (Phi) is 10.8. The lowest BCUT2D eigenvalue weighted by atomic mass is 10.1. The molecule has 0 atom stereocenters. The first-order valence-electron chi connectivity index (χ1n) is 12.6. The van der Waals surface area contributed by atoms with Crippen LogP contribution in [-0.2, 0) is 19.4 Å². The standard InChI is InChI=1S/C29H37N5O3/c1-4-34(29(36)31-3)26-13-9-8-12-24(26)17-19-32-18-16-22-14-15-27(25(20-22)33-28(35)30-2)37-21-23-10-6-5-7-11-23/h5-15,20,32H,4,16-19,21H2,1-3H3,(H,31,36)(H2,30,33,35). The van der Waals surface area contributed by atoms with Crippen molar-refractivity contribution < 1.29 is 14.3 Å². The molecule has 3 aromatic rings. The molecule has 0 radical (unpaired) electrons. The number of nitrogens with one attached hydrogen (secondary N) is 4. The van der Waals surface area contributed by atoms with Crippen molar-refractivity contribution in [2.45, 2.75) is 26.4 Å². The van der Waals surface area contributed by atoms with E-state index in [9.17, 15) is 9.59 Å². The van der Waals surface area contributed by atoms with E-state index < -0.39 is 0 Å². The second-order valence-corrected chi connectivity index (χ2v) is 8.49. The number of para-hydroxylation sites is 1. The zero-order chi connectivity index (χ0) is 26.5. The van der Waals surface area contributed by atoms with Gasteiger partial charge in [-0.2, -0.15) is 0 Å². The van der Waals surface area contributed by atoms with Crippen molar-refractivity contribution in [3.63, 3.8) is 0 Å². The molecule has 0 aliphatic rings. The average molecular weight is 504 g/mol. The Morgan fingerprint density at radius 3 is 2.30 bits per heavy atom. The highest BCUT2D eigenvalue weighted by atomic mass is 16.5. The number of nitrogens with zero attached hydrogens (tertiary/aromatic N) is 1. The molecule has 0 aromatic heterocycles. The number of amides is 4. The summed E-state index contributed by atoms with van der Waals surface area (Å²) >= 11 is 0. The van der Waals surface area contributed by atoms with Gasteiger partial charge in [-0.05, 0) is 67.7 Å². The summed E-state index contributed by atoms with van der Waals surface area (Å²) in [7, 11) is 3.23. The maximum absolute atomic E-state index is 12.2. The third-order valence-corrected chi connectivity index (χ3v) is 5.98. The van der Waals surface area contributed by atoms with Crippen molar-refractivity contribution >= 4 is 23.4 Å². The fraction of sp³-hybridized carbons (Fsp3) is 0.310. The number of anilines is 2. The molecule has 0 saturated carbocycles. The van der Waals surface area contributed by atoms with Crippen LogP contribution in [0.4, 0.5) is 21.0 Å². The Hall–Kier alpha value is -4.04. The Morgan fingerprint density at radius 2 is 1.57 bits per heavy atom. The van der Waals surface area contributed by atoms with E-state index in [2.05, 4.69) is 27.3 Å². The molecule has 0 bridgehead atoms. The topological polar surface area (TPSA) is 94.7 Å². The quantitative estimate of drug-likeness (QED) is 0.273. The summed E-state index contributed by atoms with van der Waals surface area (Å²) in [6.45, 7) is 4.54. The van der Waals surface area contributed by atoms with Crippen molar-refractivity contribution in [1.82, 2.24) is 16.0 Å². The van der Waals surface area contributed by atoms with Crippen molar-refractivity contribution in [3.05, 3.63) is 89.5 Å². The first kappa shape index (κ1) is 27.5. The molecule has 3 aromatic carbocycles. The van der Waals surface area contributed by atoms with Gasteiger partial charge in [0.2, 0.25) is 0 Å². The van der Waals surface area contributed by atoms with Gasteiger partial charge in [-0.25, -0.2) is 9.59 Å². The smallest absolute Gasteiger partial charge is 0.321 e. The zero-order valence-electron chi connectivity index (χ0n) is 21.8. The molecule has 0 saturated heterocycles. The van der Waals surface area contributed by atoms with Gasteiger partial charge < -0.3 is 26.0 Å². The van der Waals surface area contributed by atoms with Crippen LogP contribution in [0.2, 0.25) is 0 Å². The van der Waals surface area contributed by atoms with Crippen LogP contribution in [0.1, 0.15) is 23.6 Å². The summed E-state index contributed by atoms with van der Waals surface area (Å²) in [5.74, 6) is 0.623. The van der Waals surface area contributed by atoms with Crippen LogP contribution in [0.25, 0.3) is 0 Å². The normalized spacial score (nSPS) is 10.5. The van der Waals surface area contributed by atoms with Gasteiger partial charge in [0.05, 0.1) is 5.69 Å². The molecular weight excluding hydrogens is 466 g/mol. The van der Waals surface area contributed by atoms with Gasteiger partial charge in [0, 0.05) is 26.3 Å². The minimum Gasteiger partial charge on any atom is -0.487 e. The van der Waals surface area contributed by atoms with Crippen LogP contribution >= 0.6 is 0 Å². The number of urea groups is 2. The second kappa shape index (κ2) is 14.5. The number of hydrogen-bond acceptors (Lipinski definition) is 4. The molecule has 37 heavy (non-hydrogen) atoms. The largest absolute Gasteiger partial charge is 0.487 e. The van der Waals surface area contributed by atoms with Gasteiger partial charge in [0.15, 0.2) is 0 Å². The van der Waals surface area contributed by atoms with Crippen LogP contribution in [0.3, 0.4) is 0 Å². The van der Waals surface area contributed by atoms with E-state index in [1.807, 2.05) is 73.7 Å². The number of carbonyl (C=O) groups is 2. The molecule has 0 fully saturated rings. The molecule has 3 rings (SSSR count). The van der Waals surface area contributed by atoms with Crippen LogP contribution in [0.5, 0.6) is 5.75 Å². The first-order valence-corrected chi connectivity index (χ1v) is 12.6. The highest BCUT2D eigenvalue weighted by Gasteiger charge is 2.15. The van der Waals surface area contributed by atoms with Crippen molar-refractivity contribution in [1.29, 1.82) is 0 Å². The molecule has 8 nitrogen and oxygen atoms in total. The third-order valence-electron chi connectivity index (χ3n) is 5.98. The van der Waals surface area contributed by atoms with Crippen LogP contribution in [-0.4, -0.2) is 45.8 Å². The predicted molar refractivity (Wildman–Crippen MR) is 149 cm³/mol. The maximum atomic E-state index is 12.2. The number of ether oxygens (including phenoxy) is 1. The minimum absolute atomic E-state index is 0.111. The Labute approximate surface area is 219 Å². The summed E-state index contributed by atoms with van der Waals surface area (Å²) in [5, 5.41) is 11.7. The molecular formula is C29H37N5O3. The molecule has 0 aliphatic carbocycles. The first-order chi connectivity index (χ1) is 18.0. The maximum Gasteiger partial charge on any atom is 0.321 e. The number of benzene rings is 3. The van der Waals surface area contributed by atoms with Gasteiger partial charge in [0.1, 0.15) is 12.4 Å². The lowest BCUT2D eigenvalue weighted by Gasteiger charge is -2.23. The van der Waals surface area contributed by atoms with Gasteiger partial charge >= 0.3 is 12.1 Å². The Morgan fingerprint density at radius 1 is 0.838 bits per heavy atom. The molecule has 0 aliphatic heterocycles. The highest BCUT2D eigenvalue weighted by molar-refractivity contribution is 5.92. The van der Waals surface area contributed by atoms with Crippen LogP contribution in [0, 0.1) is 0 Å². The molecule has 0 unspecified atom stereocenters. The SMILES string of the molecule is CCN(C(=O)NC)c1ccccc1CCNCCc1ccc(OCc2ccccc2)c(NC(=O)NC)c1. The average Bonchev–Trinajstić information content (AvgIpc) is 2.93. The van der Waals surface area contributed by atoms with E-state index in [1.165, 1.54) is 0 Å². The minimum atomic E-state index is -0.295. The monoisotopic (exact) mass is 503 g/mol. The summed E-state index contributed by atoms with van der Waals surface area (Å²) < 4.78 is 5.99. The second-order valence-electron chi connectivity index (χ2n) is 8.49. The summed E-state index contributed by atoms with van der Waals surface area (Å²) in [6.07, 6.45) is 1.60. The van der Waals surface area contributed by atoms with Crippen molar-refractivity contribution in [3.8, 4) is 5.75 Å². The van der Waals surface area contributed by atoms with Gasteiger partial charge in [-0.3, -0.25) is 4.90 Å². The number of rotatable bonds is 12. The summed E-state index contributed by atoms with van der Waals surface area (Å²) in [5.41, 5.74) is 4.83. The summed E-state index contributed by atoms with van der Waals surface area (Å²) in [6, 6.07) is 23.4. The summed E-state index contributed by atoms with van der Waals surface area (Å²) in [4.78, 5) is 26.0. The van der Waals surface area contributed by atoms with Gasteiger partial charge in [-0.15, -0.1) is 0 Å². The van der Waals surface area contributed by atoms with Crippen molar-refractivity contribution in [2.75, 3.05) is 43.9 Å². The fourth-order valence-electron chi connectivity index (χ4n) is 4.00. The lowest BCUT2D eigenvalue weighted by molar-refractivity contribution is 0.248. The van der Waals surface area contributed by atoms with Crippen LogP contribution < -0.4 is 30.9 Å². The number of carbonyl (C=O) groups excluding carboxylic acids is 2. The molecule has 8 heteroatoms. The molecule has 196 valence electrons. The van der Waals surface area contributed by atoms with Crippen molar-refractivity contribution in [2.24, 2.45) is 0 Å². The molecule has 4 N–H and O–H groups in total. The van der Waals surface area contributed by atoms with E-state index in [0.717, 1.165) is 48.3 Å². The number of hydrogen-bond donors (Lipinski definition) is 4. The van der Waals surface area contributed by atoms with Gasteiger partial charge in [-0.1, -0.05) is 54.6 Å². The predicted octanol–water partition coefficient (Wildman–Crippen LogP) is 4.56. The van der Waals surface area contributed by atoms with Crippen LogP contribution in [0.15, 0.2) is 72.8 Å². The van der Waals surface area contributed by atoms with E-state index in [0.29, 0.717) is 24.6 Å². The molecule has 4 amide bonds. The molecule has 0 heterocycles. The van der Waals surface area contributed by atoms with E-state index in [4.69, 9.17) is 4.74 Å². The lowest BCUT2D eigenvalue weighted by Crippen LogP contribution is -2.38. The van der Waals surface area contributed by atoms with E-state index >= 15 is 0 Å².